The molecule has 0 aliphatic carbocycles. The number of quaternary nitrogens is 1. The fourth-order valence-electron chi connectivity index (χ4n) is 7.94. The molecule has 0 bridgehead atoms. The van der Waals surface area contributed by atoms with E-state index in [1.807, 2.05) is 36.0 Å². The maximum absolute atomic E-state index is 13.9. The van der Waals surface area contributed by atoms with Crippen molar-refractivity contribution >= 4 is 24.1 Å². The van der Waals surface area contributed by atoms with E-state index in [0.717, 1.165) is 5.56 Å². The number of carboxylic acid groups (broad SMARTS) is 1. The minimum absolute atomic E-state index is 0.0154. The van der Waals surface area contributed by atoms with E-state index in [9.17, 15) is 45.8 Å². The fraction of sp³-hybridized carbons (Fsp3) is 0.545. The molecule has 3 amide bonds. The van der Waals surface area contributed by atoms with Gasteiger partial charge in [-0.3, -0.25) is 4.90 Å². The van der Waals surface area contributed by atoms with Gasteiger partial charge in [0.05, 0.1) is 24.1 Å². The molecular formula is C33H40F6N5O4+. The van der Waals surface area contributed by atoms with Gasteiger partial charge in [-0.05, 0) is 63.2 Å². The number of urea groups is 1. The molecular weight excluding hydrogens is 644 g/mol. The Labute approximate surface area is 274 Å². The van der Waals surface area contributed by atoms with Crippen molar-refractivity contribution in [3.05, 3.63) is 64.7 Å². The van der Waals surface area contributed by atoms with Crippen LogP contribution in [0.2, 0.25) is 0 Å². The van der Waals surface area contributed by atoms with Crippen LogP contribution in [0.1, 0.15) is 54.4 Å². The van der Waals surface area contributed by atoms with Gasteiger partial charge in [-0.25, -0.2) is 9.28 Å². The van der Waals surface area contributed by atoms with Crippen LogP contribution < -0.4 is 5.32 Å². The monoisotopic (exact) mass is 684 g/mol. The van der Waals surface area contributed by atoms with Crippen molar-refractivity contribution in [2.75, 3.05) is 45.6 Å². The van der Waals surface area contributed by atoms with Crippen LogP contribution in [0.15, 0.2) is 42.5 Å². The largest absolute Gasteiger partial charge is 0.515 e. The molecule has 3 heterocycles. The van der Waals surface area contributed by atoms with Crippen molar-refractivity contribution in [2.24, 2.45) is 0 Å². The second-order valence-electron chi connectivity index (χ2n) is 13.3. The molecule has 2 saturated heterocycles. The van der Waals surface area contributed by atoms with Gasteiger partial charge in [0.15, 0.2) is 5.66 Å². The molecule has 2 unspecified atom stereocenters. The van der Waals surface area contributed by atoms with Crippen molar-refractivity contribution in [3.8, 4) is 0 Å². The number of fused-ring (bicyclic) bond motifs is 1. The lowest BCUT2D eigenvalue weighted by Crippen LogP contribution is -2.78. The van der Waals surface area contributed by atoms with Gasteiger partial charge in [0.1, 0.15) is 12.8 Å². The minimum atomic E-state index is -5.12. The molecule has 3 atom stereocenters. The molecule has 2 aromatic carbocycles. The van der Waals surface area contributed by atoms with Crippen molar-refractivity contribution in [3.63, 3.8) is 0 Å². The number of hydrogen-bond acceptors (Lipinski definition) is 5. The Kier molecular flexibility index (Phi) is 9.88. The lowest BCUT2D eigenvalue weighted by atomic mass is 9.81. The maximum atomic E-state index is 13.9. The quantitative estimate of drug-likeness (QED) is 0.203. The molecule has 3 aliphatic rings. The summed E-state index contributed by atoms with van der Waals surface area (Å²) in [6, 6.07) is 7.63. The number of benzene rings is 2. The summed E-state index contributed by atoms with van der Waals surface area (Å²) in [4.78, 5) is 45.2. The van der Waals surface area contributed by atoms with E-state index >= 15 is 0 Å². The Hall–Kier alpha value is -3.69. The lowest BCUT2D eigenvalue weighted by molar-refractivity contribution is -0.942. The van der Waals surface area contributed by atoms with Gasteiger partial charge >= 0.3 is 24.5 Å². The highest BCUT2D eigenvalue weighted by atomic mass is 19.4. The molecule has 0 aromatic heterocycles. The van der Waals surface area contributed by atoms with Crippen LogP contribution in [-0.4, -0.2) is 101 Å². The number of halogens is 6. The van der Waals surface area contributed by atoms with Crippen molar-refractivity contribution in [1.82, 2.24) is 14.7 Å². The summed E-state index contributed by atoms with van der Waals surface area (Å²) in [5.74, 6) is 0. The van der Waals surface area contributed by atoms with Crippen LogP contribution in [0.4, 0.5) is 41.6 Å². The van der Waals surface area contributed by atoms with E-state index in [-0.39, 0.29) is 37.9 Å². The molecule has 262 valence electrons. The van der Waals surface area contributed by atoms with Crippen LogP contribution in [0.25, 0.3) is 0 Å². The van der Waals surface area contributed by atoms with E-state index in [4.69, 9.17) is 0 Å². The number of nitrogens with one attached hydrogen (secondary N) is 1. The van der Waals surface area contributed by atoms with Gasteiger partial charge in [0.2, 0.25) is 0 Å². The molecule has 15 heteroatoms. The number of alkyl halides is 6. The number of piperidine rings is 2. The van der Waals surface area contributed by atoms with Crippen LogP contribution in [0.5, 0.6) is 0 Å². The number of carbonyl (C=O) groups is 3. The van der Waals surface area contributed by atoms with Crippen LogP contribution in [0, 0.1) is 0 Å². The van der Waals surface area contributed by atoms with Gasteiger partial charge < -0.3 is 25.0 Å². The van der Waals surface area contributed by atoms with Crippen molar-refractivity contribution < 1.29 is 50.3 Å². The number of hydrogen-bond donors (Lipinski definition) is 2. The number of carbonyl (C=O) groups excluding carboxylic acids is 2. The average Bonchev–Trinajstić information content (AvgIpc) is 3.19. The number of rotatable bonds is 7. The van der Waals surface area contributed by atoms with Crippen LogP contribution >= 0.6 is 0 Å². The predicted octanol–water partition coefficient (Wildman–Crippen LogP) is 6.28. The third-order valence-corrected chi connectivity index (χ3v) is 10.4. The van der Waals surface area contributed by atoms with E-state index in [0.29, 0.717) is 63.0 Å². The molecule has 2 fully saturated rings. The van der Waals surface area contributed by atoms with Gasteiger partial charge in [0, 0.05) is 55.8 Å². The standard InChI is InChI=1S/C33H39F6N5O4/c1-41(2)26-8-12-42(13-9-26)31(11-16-45)20-27(43-14-7-23-5-3-4-6-28(23)40-29(43)46)10-15-44(31,30(47)48)21-22-17-24(32(34,35)36)19-25(18-22)33(37,38)39/h3-6,16-19,26-27H,7-15,20-21H2,1-2H3,(H-,40,46,47,48)/p+1/t27?,31?,44-/m0/s1. The van der Waals surface area contributed by atoms with E-state index < -0.39 is 63.9 Å². The molecule has 2 N–H and O–H groups in total. The zero-order chi connectivity index (χ0) is 35.1. The molecule has 0 saturated carbocycles. The van der Waals surface area contributed by atoms with E-state index in [1.165, 1.54) is 0 Å². The second-order valence-corrected chi connectivity index (χ2v) is 13.3. The topological polar surface area (TPSA) is 93.2 Å². The Bertz CT molecular complexity index is 1490. The summed E-state index contributed by atoms with van der Waals surface area (Å²) in [5.41, 5.74) is -3.57. The number of likely N-dealkylation sites (tertiary alicyclic amines) is 2. The molecule has 9 nitrogen and oxygen atoms in total. The Morgan fingerprint density at radius 1 is 1.02 bits per heavy atom. The zero-order valence-corrected chi connectivity index (χ0v) is 26.8. The highest BCUT2D eigenvalue weighted by Crippen LogP contribution is 2.47. The number of amides is 3. The number of aldehydes is 1. The number of anilines is 1. The summed E-state index contributed by atoms with van der Waals surface area (Å²) in [7, 11) is 3.83. The van der Waals surface area contributed by atoms with Gasteiger partial charge in [-0.15, -0.1) is 0 Å². The summed E-state index contributed by atoms with van der Waals surface area (Å²) >= 11 is 0. The third kappa shape index (κ3) is 6.77. The highest BCUT2D eigenvalue weighted by Gasteiger charge is 2.64. The summed E-state index contributed by atoms with van der Waals surface area (Å²) in [5, 5.41) is 14.0. The summed E-state index contributed by atoms with van der Waals surface area (Å²) < 4.78 is 82.2. The maximum Gasteiger partial charge on any atom is 0.515 e. The first-order valence-electron chi connectivity index (χ1n) is 15.9. The smallest absolute Gasteiger partial charge is 0.435 e. The van der Waals surface area contributed by atoms with Crippen LogP contribution in [-0.2, 0) is 30.1 Å². The first-order valence-corrected chi connectivity index (χ1v) is 15.9. The summed E-state index contributed by atoms with van der Waals surface area (Å²) in [6.07, 6.45) is -9.74. The number of nitrogens with zero attached hydrogens (tertiary/aromatic N) is 4. The van der Waals surface area contributed by atoms with Gasteiger partial charge in [0.25, 0.3) is 0 Å². The van der Waals surface area contributed by atoms with Gasteiger partial charge in [-0.1, -0.05) is 18.2 Å². The molecule has 48 heavy (non-hydrogen) atoms. The Morgan fingerprint density at radius 2 is 1.65 bits per heavy atom. The van der Waals surface area contributed by atoms with E-state index in [1.54, 1.807) is 17.0 Å². The molecule has 3 aliphatic heterocycles. The SMILES string of the molecule is CN(C)C1CCN(C2(CC=O)CC(N3CCc4ccccc4NC3=O)CC[N@+]2(Cc2cc(C(F)(F)F)cc(C(F)(F)F)c2)C(=O)O)CC1. The first kappa shape index (κ1) is 35.6. The predicted molar refractivity (Wildman–Crippen MR) is 164 cm³/mol. The average molecular weight is 685 g/mol. The second kappa shape index (κ2) is 13.3. The normalized spacial score (nSPS) is 26.1. The van der Waals surface area contributed by atoms with Crippen molar-refractivity contribution in [1.29, 1.82) is 0 Å². The Morgan fingerprint density at radius 3 is 2.21 bits per heavy atom. The summed E-state index contributed by atoms with van der Waals surface area (Å²) in [6.45, 7) is 0.00236. The van der Waals surface area contributed by atoms with Gasteiger partial charge in [-0.2, -0.15) is 31.1 Å². The first-order chi connectivity index (χ1) is 22.5. The van der Waals surface area contributed by atoms with E-state index in [2.05, 4.69) is 5.32 Å². The molecule has 0 radical (unpaired) electrons. The number of para-hydroxylation sites is 1. The molecule has 0 spiro atoms. The lowest BCUT2D eigenvalue weighted by Gasteiger charge is -2.59. The fourth-order valence-corrected chi connectivity index (χ4v) is 7.94. The zero-order valence-electron chi connectivity index (χ0n) is 26.8. The molecule has 5 rings (SSSR count). The van der Waals surface area contributed by atoms with Crippen LogP contribution in [0.3, 0.4) is 0 Å². The van der Waals surface area contributed by atoms with Crippen molar-refractivity contribution in [2.45, 2.75) is 75.2 Å². The Balaban J connectivity index is 1.61. The minimum Gasteiger partial charge on any atom is -0.435 e. The molecule has 2 aromatic rings. The third-order valence-electron chi connectivity index (χ3n) is 10.4. The highest BCUT2D eigenvalue weighted by molar-refractivity contribution is 5.91.